The fraction of sp³-hybridized carbons (Fsp3) is 0.467. The Hall–Kier alpha value is -1.59. The van der Waals surface area contributed by atoms with Crippen LogP contribution in [-0.2, 0) is 4.79 Å². The molecule has 0 aliphatic heterocycles. The highest BCUT2D eigenvalue weighted by Crippen LogP contribution is 2.18. The maximum Gasteiger partial charge on any atom is 0.251 e. The molecule has 0 bridgehead atoms. The minimum absolute atomic E-state index is 0.0651. The lowest BCUT2D eigenvalue weighted by atomic mass is 9.93. The maximum absolute atomic E-state index is 11.9. The molecule has 1 aliphatic rings. The maximum atomic E-state index is 11.9. The molecule has 2 amide bonds. The van der Waals surface area contributed by atoms with E-state index in [0.29, 0.717) is 23.4 Å². The molecule has 0 radical (unpaired) electrons. The zero-order valence-electron chi connectivity index (χ0n) is 11.6. The van der Waals surface area contributed by atoms with Gasteiger partial charge in [-0.05, 0) is 43.9 Å². The number of amides is 2. The monoisotopic (exact) mass is 310 g/mol. The summed E-state index contributed by atoms with van der Waals surface area (Å²) in [7, 11) is 0. The van der Waals surface area contributed by atoms with Crippen LogP contribution in [0.25, 0.3) is 0 Å². The van der Waals surface area contributed by atoms with E-state index in [4.69, 9.17) is 11.6 Å². The minimum Gasteiger partial charge on any atom is -0.393 e. The highest BCUT2D eigenvalue weighted by molar-refractivity contribution is 6.30. The van der Waals surface area contributed by atoms with Gasteiger partial charge in [0, 0.05) is 16.6 Å². The Morgan fingerprint density at radius 2 is 1.95 bits per heavy atom. The lowest BCUT2D eigenvalue weighted by Gasteiger charge is -2.26. The van der Waals surface area contributed by atoms with Crippen LogP contribution in [0.4, 0.5) is 0 Å². The van der Waals surface area contributed by atoms with Crippen molar-refractivity contribution in [3.05, 3.63) is 34.9 Å². The van der Waals surface area contributed by atoms with Crippen LogP contribution in [0.1, 0.15) is 36.0 Å². The summed E-state index contributed by atoms with van der Waals surface area (Å²) in [6.45, 7) is -0.0651. The average molecular weight is 311 g/mol. The van der Waals surface area contributed by atoms with Crippen LogP contribution in [0, 0.1) is 0 Å². The van der Waals surface area contributed by atoms with Crippen molar-refractivity contribution in [2.75, 3.05) is 6.54 Å². The van der Waals surface area contributed by atoms with Crippen molar-refractivity contribution in [2.45, 2.75) is 37.8 Å². The molecule has 1 aromatic rings. The molecule has 5 nitrogen and oxygen atoms in total. The first kappa shape index (κ1) is 15.8. The predicted octanol–water partition coefficient (Wildman–Crippen LogP) is 1.49. The topological polar surface area (TPSA) is 78.4 Å². The molecule has 21 heavy (non-hydrogen) atoms. The van der Waals surface area contributed by atoms with Crippen LogP contribution >= 0.6 is 11.6 Å². The second-order valence-corrected chi connectivity index (χ2v) is 5.70. The van der Waals surface area contributed by atoms with Gasteiger partial charge in [0.1, 0.15) is 0 Å². The first-order chi connectivity index (χ1) is 10.0. The molecule has 1 fully saturated rings. The highest BCUT2D eigenvalue weighted by atomic mass is 35.5. The van der Waals surface area contributed by atoms with Crippen molar-refractivity contribution in [2.24, 2.45) is 0 Å². The van der Waals surface area contributed by atoms with E-state index in [0.717, 1.165) is 12.8 Å². The molecule has 0 heterocycles. The van der Waals surface area contributed by atoms with E-state index in [2.05, 4.69) is 10.6 Å². The van der Waals surface area contributed by atoms with E-state index in [1.54, 1.807) is 24.3 Å². The number of hydrogen-bond donors (Lipinski definition) is 3. The third-order valence-electron chi connectivity index (χ3n) is 3.56. The summed E-state index contributed by atoms with van der Waals surface area (Å²) in [5.41, 5.74) is 0.427. The number of aliphatic hydroxyl groups is 1. The molecule has 0 atom stereocenters. The Bertz CT molecular complexity index is 513. The van der Waals surface area contributed by atoms with E-state index in [1.807, 2.05) is 0 Å². The molecule has 0 saturated heterocycles. The Labute approximate surface area is 128 Å². The Balaban J connectivity index is 1.75. The smallest absolute Gasteiger partial charge is 0.251 e. The van der Waals surface area contributed by atoms with E-state index >= 15 is 0 Å². The molecule has 1 aliphatic carbocycles. The van der Waals surface area contributed by atoms with Crippen LogP contribution in [0.15, 0.2) is 24.3 Å². The fourth-order valence-electron chi connectivity index (χ4n) is 2.39. The van der Waals surface area contributed by atoms with Crippen LogP contribution in [0.5, 0.6) is 0 Å². The van der Waals surface area contributed by atoms with Gasteiger partial charge in [0.25, 0.3) is 5.91 Å². The number of carbonyl (C=O) groups is 2. The molecular weight excluding hydrogens is 292 g/mol. The van der Waals surface area contributed by atoms with Gasteiger partial charge in [-0.2, -0.15) is 0 Å². The van der Waals surface area contributed by atoms with E-state index in [9.17, 15) is 14.7 Å². The number of halogens is 1. The number of hydrogen-bond acceptors (Lipinski definition) is 3. The summed E-state index contributed by atoms with van der Waals surface area (Å²) in [6.07, 6.45) is 2.71. The molecule has 2 rings (SSSR count). The molecule has 1 saturated carbocycles. The van der Waals surface area contributed by atoms with Crippen LogP contribution in [0.3, 0.4) is 0 Å². The van der Waals surface area contributed by atoms with E-state index < -0.39 is 0 Å². The summed E-state index contributed by atoms with van der Waals surface area (Å²) in [5, 5.41) is 15.3. The third-order valence-corrected chi connectivity index (χ3v) is 3.79. The SMILES string of the molecule is O=C(CNC(=O)c1cccc(Cl)c1)NC1CCC(O)CC1. The van der Waals surface area contributed by atoms with E-state index in [-0.39, 0.29) is 30.5 Å². The third kappa shape index (κ3) is 5.02. The van der Waals surface area contributed by atoms with Crippen LogP contribution in [-0.4, -0.2) is 35.6 Å². The van der Waals surface area contributed by atoms with Gasteiger partial charge in [-0.15, -0.1) is 0 Å². The summed E-state index contributed by atoms with van der Waals surface area (Å²) in [6, 6.07) is 6.65. The second kappa shape index (κ2) is 7.43. The molecule has 0 unspecified atom stereocenters. The Morgan fingerprint density at radius 3 is 2.62 bits per heavy atom. The molecule has 0 aromatic heterocycles. The van der Waals surface area contributed by atoms with Crippen molar-refractivity contribution in [3.63, 3.8) is 0 Å². The number of nitrogens with one attached hydrogen (secondary N) is 2. The zero-order chi connectivity index (χ0) is 15.2. The van der Waals surface area contributed by atoms with Crippen molar-refractivity contribution >= 4 is 23.4 Å². The van der Waals surface area contributed by atoms with Gasteiger partial charge in [-0.25, -0.2) is 0 Å². The summed E-state index contributed by atoms with van der Waals surface area (Å²) in [4.78, 5) is 23.6. The second-order valence-electron chi connectivity index (χ2n) is 5.27. The number of aliphatic hydroxyl groups excluding tert-OH is 1. The quantitative estimate of drug-likeness (QED) is 0.788. The highest BCUT2D eigenvalue weighted by Gasteiger charge is 2.20. The van der Waals surface area contributed by atoms with Crippen molar-refractivity contribution in [3.8, 4) is 0 Å². The normalized spacial score (nSPS) is 21.6. The van der Waals surface area contributed by atoms with Gasteiger partial charge < -0.3 is 15.7 Å². The van der Waals surface area contributed by atoms with Crippen molar-refractivity contribution in [1.29, 1.82) is 0 Å². The fourth-order valence-corrected chi connectivity index (χ4v) is 2.58. The lowest BCUT2D eigenvalue weighted by molar-refractivity contribution is -0.121. The van der Waals surface area contributed by atoms with Gasteiger partial charge in [0.2, 0.25) is 5.91 Å². The molecule has 6 heteroatoms. The number of carbonyl (C=O) groups excluding carboxylic acids is 2. The first-order valence-corrected chi connectivity index (χ1v) is 7.43. The summed E-state index contributed by atoms with van der Waals surface area (Å²) >= 11 is 5.81. The van der Waals surface area contributed by atoms with Crippen molar-refractivity contribution in [1.82, 2.24) is 10.6 Å². The minimum atomic E-state index is -0.327. The summed E-state index contributed by atoms with van der Waals surface area (Å²) < 4.78 is 0. The summed E-state index contributed by atoms with van der Waals surface area (Å²) in [5.74, 6) is -0.543. The first-order valence-electron chi connectivity index (χ1n) is 7.06. The standard InChI is InChI=1S/C15H19ClN2O3/c16-11-3-1-2-10(8-11)15(21)17-9-14(20)18-12-4-6-13(19)7-5-12/h1-3,8,12-13,19H,4-7,9H2,(H,17,21)(H,18,20). The van der Waals surface area contributed by atoms with Crippen LogP contribution in [0.2, 0.25) is 5.02 Å². The molecule has 1 aromatic carbocycles. The van der Waals surface area contributed by atoms with E-state index in [1.165, 1.54) is 0 Å². The zero-order valence-corrected chi connectivity index (χ0v) is 12.4. The largest absolute Gasteiger partial charge is 0.393 e. The Kier molecular flexibility index (Phi) is 5.59. The average Bonchev–Trinajstić information content (AvgIpc) is 2.47. The predicted molar refractivity (Wildman–Crippen MR) is 80.2 cm³/mol. The van der Waals surface area contributed by atoms with Gasteiger partial charge in [0.05, 0.1) is 12.6 Å². The lowest BCUT2D eigenvalue weighted by Crippen LogP contribution is -2.43. The molecule has 114 valence electrons. The Morgan fingerprint density at radius 1 is 1.24 bits per heavy atom. The number of benzene rings is 1. The van der Waals surface area contributed by atoms with Gasteiger partial charge >= 0.3 is 0 Å². The molecule has 3 N–H and O–H groups in total. The van der Waals surface area contributed by atoms with Gasteiger partial charge in [-0.1, -0.05) is 17.7 Å². The van der Waals surface area contributed by atoms with Gasteiger partial charge in [0.15, 0.2) is 0 Å². The van der Waals surface area contributed by atoms with Crippen LogP contribution < -0.4 is 10.6 Å². The molecular formula is C15H19ClN2O3. The molecule has 0 spiro atoms. The van der Waals surface area contributed by atoms with Crippen molar-refractivity contribution < 1.29 is 14.7 Å². The van der Waals surface area contributed by atoms with Gasteiger partial charge in [-0.3, -0.25) is 9.59 Å². The number of rotatable bonds is 4.